The van der Waals surface area contributed by atoms with E-state index in [1.807, 2.05) is 0 Å². The van der Waals surface area contributed by atoms with Crippen LogP contribution in [0.4, 0.5) is 0 Å². The number of aryl methyl sites for hydroxylation is 2. The van der Waals surface area contributed by atoms with Crippen molar-refractivity contribution in [1.29, 1.82) is 5.26 Å². The fraction of sp³-hybridized carbons (Fsp3) is 0.250. The topological polar surface area (TPSA) is 131 Å². The Bertz CT molecular complexity index is 1590. The smallest absolute Gasteiger partial charge is 0.269 e. The molecule has 180 valence electrons. The van der Waals surface area contributed by atoms with Crippen LogP contribution in [-0.4, -0.2) is 41.3 Å². The van der Waals surface area contributed by atoms with Gasteiger partial charge in [0.2, 0.25) is 5.88 Å². The number of aromatic nitrogens is 2. The Morgan fingerprint density at radius 3 is 2.74 bits per heavy atom. The van der Waals surface area contributed by atoms with E-state index in [1.165, 1.54) is 10.6 Å². The van der Waals surface area contributed by atoms with Gasteiger partial charge in [-0.05, 0) is 61.7 Å². The Balaban J connectivity index is 1.80. The number of fused-ring (bicyclic) bond motifs is 1. The van der Waals surface area contributed by atoms with E-state index in [9.17, 15) is 23.3 Å². The number of ether oxygens (including phenoxy) is 1. The molecular weight excluding hydrogens is 492 g/mol. The zero-order valence-electron chi connectivity index (χ0n) is 18.9. The number of nitriles is 1. The van der Waals surface area contributed by atoms with Crippen LogP contribution in [0, 0.1) is 25.2 Å². The van der Waals surface area contributed by atoms with Gasteiger partial charge in [0.25, 0.3) is 11.5 Å². The molecule has 1 fully saturated rings. The Labute approximate surface area is 206 Å². The summed E-state index contributed by atoms with van der Waals surface area (Å²) >= 11 is 6.10. The molecule has 0 unspecified atom stereocenters. The average Bonchev–Trinajstić information content (AvgIpc) is 3.14. The van der Waals surface area contributed by atoms with Gasteiger partial charge >= 0.3 is 0 Å². The summed E-state index contributed by atoms with van der Waals surface area (Å²) in [4.78, 5) is 30.6. The maximum atomic E-state index is 13.4. The number of carbonyl (C=O) groups excluding carboxylic acids is 1. The fourth-order valence-corrected chi connectivity index (χ4v) is 5.54. The number of amides is 1. The van der Waals surface area contributed by atoms with Crippen LogP contribution < -0.4 is 15.6 Å². The Morgan fingerprint density at radius 2 is 2.09 bits per heavy atom. The van der Waals surface area contributed by atoms with Crippen molar-refractivity contribution in [3.63, 3.8) is 0 Å². The van der Waals surface area contributed by atoms with Gasteiger partial charge < -0.3 is 10.1 Å². The van der Waals surface area contributed by atoms with E-state index < -0.39 is 27.3 Å². The Morgan fingerprint density at radius 1 is 1.31 bits per heavy atom. The molecule has 35 heavy (non-hydrogen) atoms. The van der Waals surface area contributed by atoms with Crippen LogP contribution in [0.1, 0.15) is 23.1 Å². The first kappa shape index (κ1) is 24.4. The lowest BCUT2D eigenvalue weighted by Crippen LogP contribution is -2.36. The highest BCUT2D eigenvalue weighted by molar-refractivity contribution is 7.91. The number of sulfone groups is 1. The van der Waals surface area contributed by atoms with E-state index in [0.29, 0.717) is 16.4 Å². The zero-order chi connectivity index (χ0) is 25.3. The maximum absolute atomic E-state index is 13.4. The van der Waals surface area contributed by atoms with E-state index in [0.717, 1.165) is 17.2 Å². The largest absolute Gasteiger partial charge is 0.438 e. The standard InChI is InChI=1S/C24H21ClN4O5S/c1-14-4-3-8-29-21(14)28-23(34-18-5-6-20(25)15(2)10-18)19(24(29)31)11-16(12-26)22(30)27-17-7-9-35(32,33)13-17/h3-6,8,10-11,17H,7,9,13H2,1-2H3,(H,27,30)/b16-11+/t17-/m0/s1. The third-order valence-electron chi connectivity index (χ3n) is 5.61. The van der Waals surface area contributed by atoms with Gasteiger partial charge in [0, 0.05) is 17.3 Å². The number of hydrogen-bond acceptors (Lipinski definition) is 7. The van der Waals surface area contributed by atoms with Gasteiger partial charge in [-0.2, -0.15) is 10.2 Å². The first-order valence-electron chi connectivity index (χ1n) is 10.7. The molecule has 2 aromatic heterocycles. The van der Waals surface area contributed by atoms with Crippen molar-refractivity contribution < 1.29 is 17.9 Å². The third-order valence-corrected chi connectivity index (χ3v) is 7.81. The quantitative estimate of drug-likeness (QED) is 0.410. The van der Waals surface area contributed by atoms with Crippen LogP contribution in [0.15, 0.2) is 46.9 Å². The predicted molar refractivity (Wildman–Crippen MR) is 131 cm³/mol. The van der Waals surface area contributed by atoms with Crippen molar-refractivity contribution in [2.24, 2.45) is 0 Å². The van der Waals surface area contributed by atoms with E-state index in [4.69, 9.17) is 16.3 Å². The SMILES string of the molecule is Cc1cc(Oc2nc3c(C)cccn3c(=O)c2/C=C(\C#N)C(=O)N[C@H]2CCS(=O)(=O)C2)ccc1Cl. The lowest BCUT2D eigenvalue weighted by molar-refractivity contribution is -0.117. The molecule has 1 N–H and O–H groups in total. The minimum Gasteiger partial charge on any atom is -0.438 e. The van der Waals surface area contributed by atoms with Gasteiger partial charge in [-0.3, -0.25) is 14.0 Å². The van der Waals surface area contributed by atoms with Crippen LogP contribution in [0.5, 0.6) is 11.6 Å². The number of benzene rings is 1. The summed E-state index contributed by atoms with van der Waals surface area (Å²) in [6.07, 6.45) is 2.90. The van der Waals surface area contributed by atoms with Crippen molar-refractivity contribution in [3.05, 3.63) is 74.2 Å². The summed E-state index contributed by atoms with van der Waals surface area (Å²) in [6.45, 7) is 3.58. The molecule has 1 amide bonds. The lowest BCUT2D eigenvalue weighted by Gasteiger charge is -2.13. The van der Waals surface area contributed by atoms with Gasteiger partial charge in [-0.1, -0.05) is 17.7 Å². The molecule has 1 aliphatic heterocycles. The summed E-state index contributed by atoms with van der Waals surface area (Å²) in [7, 11) is -3.23. The highest BCUT2D eigenvalue weighted by atomic mass is 35.5. The summed E-state index contributed by atoms with van der Waals surface area (Å²) in [5.41, 5.74) is 0.804. The highest BCUT2D eigenvalue weighted by Gasteiger charge is 2.30. The molecular formula is C24H21ClN4O5S. The zero-order valence-corrected chi connectivity index (χ0v) is 20.5. The van der Waals surface area contributed by atoms with Crippen molar-refractivity contribution >= 4 is 39.1 Å². The van der Waals surface area contributed by atoms with Gasteiger partial charge in [0.15, 0.2) is 9.84 Å². The number of carbonyl (C=O) groups is 1. The number of pyridine rings is 1. The molecule has 1 aliphatic rings. The van der Waals surface area contributed by atoms with Crippen molar-refractivity contribution in [2.45, 2.75) is 26.3 Å². The molecule has 3 heterocycles. The second-order valence-corrected chi connectivity index (χ2v) is 10.9. The predicted octanol–water partition coefficient (Wildman–Crippen LogP) is 2.97. The van der Waals surface area contributed by atoms with Crippen LogP contribution in [0.3, 0.4) is 0 Å². The monoisotopic (exact) mass is 512 g/mol. The van der Waals surface area contributed by atoms with Crippen molar-refractivity contribution in [1.82, 2.24) is 14.7 Å². The summed E-state index contributed by atoms with van der Waals surface area (Å²) in [5, 5.41) is 12.7. The normalized spacial score (nSPS) is 17.2. The molecule has 1 aromatic carbocycles. The van der Waals surface area contributed by atoms with Crippen LogP contribution in [0.2, 0.25) is 5.02 Å². The molecule has 0 radical (unpaired) electrons. The van der Waals surface area contributed by atoms with E-state index in [-0.39, 0.29) is 34.9 Å². The van der Waals surface area contributed by atoms with Gasteiger partial charge in [0.1, 0.15) is 28.6 Å². The van der Waals surface area contributed by atoms with E-state index >= 15 is 0 Å². The lowest BCUT2D eigenvalue weighted by atomic mass is 10.1. The van der Waals surface area contributed by atoms with Crippen molar-refractivity contribution in [2.75, 3.05) is 11.5 Å². The highest BCUT2D eigenvalue weighted by Crippen LogP contribution is 2.28. The maximum Gasteiger partial charge on any atom is 0.269 e. The van der Waals surface area contributed by atoms with Crippen LogP contribution in [-0.2, 0) is 14.6 Å². The molecule has 0 bridgehead atoms. The number of nitrogens with one attached hydrogen (secondary N) is 1. The third kappa shape index (κ3) is 5.21. The minimum atomic E-state index is -3.23. The first-order valence-corrected chi connectivity index (χ1v) is 12.9. The molecule has 0 spiro atoms. The minimum absolute atomic E-state index is 0.0304. The number of nitrogens with zero attached hydrogens (tertiary/aromatic N) is 3. The molecule has 4 rings (SSSR count). The van der Waals surface area contributed by atoms with E-state index in [1.54, 1.807) is 50.2 Å². The second-order valence-electron chi connectivity index (χ2n) is 8.28. The molecule has 3 aromatic rings. The number of rotatable bonds is 5. The second kappa shape index (κ2) is 9.52. The Hall–Kier alpha value is -3.68. The van der Waals surface area contributed by atoms with Gasteiger partial charge in [0.05, 0.1) is 11.5 Å². The molecule has 0 saturated carbocycles. The molecule has 9 nitrogen and oxygen atoms in total. The fourth-order valence-electron chi connectivity index (χ4n) is 3.75. The van der Waals surface area contributed by atoms with E-state index in [2.05, 4.69) is 10.3 Å². The molecule has 0 aliphatic carbocycles. The average molecular weight is 513 g/mol. The molecule has 11 heteroatoms. The first-order chi connectivity index (χ1) is 16.6. The number of hydrogen-bond donors (Lipinski definition) is 1. The Kier molecular flexibility index (Phi) is 6.65. The summed E-state index contributed by atoms with van der Waals surface area (Å²) < 4.78 is 30.6. The van der Waals surface area contributed by atoms with Crippen molar-refractivity contribution in [3.8, 4) is 17.7 Å². The van der Waals surface area contributed by atoms with Gasteiger partial charge in [-0.15, -0.1) is 0 Å². The molecule has 1 atom stereocenters. The summed E-state index contributed by atoms with van der Waals surface area (Å²) in [6, 6.07) is 9.59. The summed E-state index contributed by atoms with van der Waals surface area (Å²) in [5.74, 6) is -0.726. The van der Waals surface area contributed by atoms with Crippen LogP contribution >= 0.6 is 11.6 Å². The molecule has 1 saturated heterocycles. The van der Waals surface area contributed by atoms with Gasteiger partial charge in [-0.25, -0.2) is 8.42 Å². The van der Waals surface area contributed by atoms with Crippen LogP contribution in [0.25, 0.3) is 11.7 Å². The number of halogens is 1.